The second-order valence-electron chi connectivity index (χ2n) is 6.50. The summed E-state index contributed by atoms with van der Waals surface area (Å²) in [6.07, 6.45) is 0.819. The molecule has 1 unspecified atom stereocenters. The van der Waals surface area contributed by atoms with Crippen LogP contribution in [0.5, 0.6) is 5.75 Å². The molecule has 0 radical (unpaired) electrons. The monoisotopic (exact) mass is 368 g/mol. The number of amides is 1. The molecule has 3 rings (SSSR count). The number of imidazole rings is 1. The average molecular weight is 368 g/mol. The van der Waals surface area contributed by atoms with E-state index in [-0.39, 0.29) is 17.6 Å². The molecule has 0 saturated carbocycles. The van der Waals surface area contributed by atoms with Crippen molar-refractivity contribution < 1.29 is 9.53 Å². The van der Waals surface area contributed by atoms with Crippen LogP contribution in [0, 0.1) is 0 Å². The molecule has 0 bridgehead atoms. The van der Waals surface area contributed by atoms with Crippen molar-refractivity contribution >= 4 is 22.6 Å². The number of hydrogen-bond donors (Lipinski definition) is 3. The number of H-pyrrole nitrogens is 2. The van der Waals surface area contributed by atoms with Crippen molar-refractivity contribution in [3.8, 4) is 5.75 Å². The number of nitrogens with zero attached hydrogens (tertiary/aromatic N) is 1. The first-order chi connectivity index (χ1) is 13.0. The highest BCUT2D eigenvalue weighted by molar-refractivity contribution is 5.96. The molecule has 1 amide bonds. The molecule has 7 nitrogen and oxygen atoms in total. The molecule has 27 heavy (non-hydrogen) atoms. The van der Waals surface area contributed by atoms with E-state index in [0.717, 1.165) is 18.7 Å². The quantitative estimate of drug-likeness (QED) is 0.533. The van der Waals surface area contributed by atoms with E-state index in [1.54, 1.807) is 18.2 Å². The fourth-order valence-electron chi connectivity index (χ4n) is 2.77. The minimum atomic E-state index is -0.289. The molecule has 0 aliphatic carbocycles. The van der Waals surface area contributed by atoms with E-state index in [4.69, 9.17) is 4.74 Å². The van der Waals surface area contributed by atoms with E-state index in [1.165, 1.54) is 0 Å². The fourth-order valence-corrected chi connectivity index (χ4v) is 2.77. The number of likely N-dealkylation sites (N-methyl/N-ethyl adjacent to an activating group) is 1. The van der Waals surface area contributed by atoms with Gasteiger partial charge in [0.2, 0.25) is 5.91 Å². The van der Waals surface area contributed by atoms with E-state index in [1.807, 2.05) is 49.2 Å². The molecular formula is C20H24N4O3. The highest BCUT2D eigenvalue weighted by atomic mass is 16.5. The van der Waals surface area contributed by atoms with Gasteiger partial charge in [0, 0.05) is 12.2 Å². The fraction of sp³-hybridized carbons (Fsp3) is 0.300. The summed E-state index contributed by atoms with van der Waals surface area (Å²) >= 11 is 0. The molecule has 1 atom stereocenters. The minimum Gasteiger partial charge on any atom is -0.494 e. The second kappa shape index (κ2) is 8.55. The highest BCUT2D eigenvalue weighted by Gasteiger charge is 2.18. The van der Waals surface area contributed by atoms with Crippen molar-refractivity contribution in [1.29, 1.82) is 0 Å². The lowest BCUT2D eigenvalue weighted by atomic mass is 10.2. The Morgan fingerprint density at radius 3 is 2.67 bits per heavy atom. The van der Waals surface area contributed by atoms with Crippen LogP contribution in [0.3, 0.4) is 0 Å². The smallest absolute Gasteiger partial charge is 0.323 e. The van der Waals surface area contributed by atoms with Crippen LogP contribution in [0.4, 0.5) is 5.69 Å². The largest absolute Gasteiger partial charge is 0.494 e. The molecule has 7 heteroatoms. The summed E-state index contributed by atoms with van der Waals surface area (Å²) in [5.74, 6) is 0.753. The zero-order valence-corrected chi connectivity index (χ0v) is 15.5. The van der Waals surface area contributed by atoms with Crippen molar-refractivity contribution in [1.82, 2.24) is 14.9 Å². The lowest BCUT2D eigenvalue weighted by Gasteiger charge is -2.23. The topological polar surface area (TPSA) is 90.2 Å². The van der Waals surface area contributed by atoms with Crippen molar-refractivity contribution in [3.63, 3.8) is 0 Å². The number of aromatic amines is 2. The second-order valence-corrected chi connectivity index (χ2v) is 6.50. The van der Waals surface area contributed by atoms with Gasteiger partial charge in [0.1, 0.15) is 5.75 Å². The molecule has 3 N–H and O–H groups in total. The number of anilines is 1. The molecule has 1 aromatic heterocycles. The molecule has 0 aliphatic rings. The highest BCUT2D eigenvalue weighted by Crippen LogP contribution is 2.15. The predicted molar refractivity (Wildman–Crippen MR) is 106 cm³/mol. The first kappa shape index (κ1) is 18.7. The Balaban J connectivity index is 1.47. The van der Waals surface area contributed by atoms with Crippen molar-refractivity contribution in [2.75, 3.05) is 25.5 Å². The van der Waals surface area contributed by atoms with E-state index in [2.05, 4.69) is 15.3 Å². The van der Waals surface area contributed by atoms with Gasteiger partial charge in [-0.1, -0.05) is 18.2 Å². The normalized spacial score (nSPS) is 12.3. The van der Waals surface area contributed by atoms with E-state index >= 15 is 0 Å². The summed E-state index contributed by atoms with van der Waals surface area (Å²) in [5, 5.41) is 2.89. The number of benzene rings is 2. The van der Waals surface area contributed by atoms with Crippen LogP contribution in [-0.2, 0) is 4.79 Å². The van der Waals surface area contributed by atoms with Gasteiger partial charge in [-0.3, -0.25) is 9.69 Å². The van der Waals surface area contributed by atoms with Gasteiger partial charge in [-0.05, 0) is 50.7 Å². The number of rotatable bonds is 8. The lowest BCUT2D eigenvalue weighted by molar-refractivity contribution is -0.120. The van der Waals surface area contributed by atoms with Crippen molar-refractivity contribution in [2.45, 2.75) is 19.4 Å². The van der Waals surface area contributed by atoms with Gasteiger partial charge >= 0.3 is 5.69 Å². The van der Waals surface area contributed by atoms with Crippen LogP contribution < -0.4 is 15.7 Å². The van der Waals surface area contributed by atoms with Crippen LogP contribution >= 0.6 is 0 Å². The Morgan fingerprint density at radius 1 is 1.15 bits per heavy atom. The van der Waals surface area contributed by atoms with Gasteiger partial charge in [-0.2, -0.15) is 0 Å². The molecule has 3 aromatic rings. The van der Waals surface area contributed by atoms with Crippen molar-refractivity contribution in [2.24, 2.45) is 0 Å². The van der Waals surface area contributed by atoms with Gasteiger partial charge in [0.15, 0.2) is 0 Å². The summed E-state index contributed by atoms with van der Waals surface area (Å²) in [6, 6.07) is 14.7. The maximum absolute atomic E-state index is 12.5. The van der Waals surface area contributed by atoms with Crippen LogP contribution in [0.2, 0.25) is 0 Å². The summed E-state index contributed by atoms with van der Waals surface area (Å²) < 4.78 is 5.68. The maximum Gasteiger partial charge on any atom is 0.323 e. The van der Waals surface area contributed by atoms with Crippen LogP contribution in [0.15, 0.2) is 53.3 Å². The number of ether oxygens (including phenoxy) is 1. The van der Waals surface area contributed by atoms with Crippen LogP contribution in [0.25, 0.3) is 11.0 Å². The molecule has 0 spiro atoms. The molecule has 0 saturated heterocycles. The third-order valence-corrected chi connectivity index (χ3v) is 4.49. The number of carbonyl (C=O) groups excluding carboxylic acids is 1. The summed E-state index contributed by atoms with van der Waals surface area (Å²) in [7, 11) is 1.92. The average Bonchev–Trinajstić information content (AvgIpc) is 3.04. The first-order valence-electron chi connectivity index (χ1n) is 8.94. The first-order valence-corrected chi connectivity index (χ1v) is 8.94. The third-order valence-electron chi connectivity index (χ3n) is 4.49. The Kier molecular flexibility index (Phi) is 5.93. The molecule has 0 fully saturated rings. The summed E-state index contributed by atoms with van der Waals surface area (Å²) in [6.45, 7) is 3.20. The van der Waals surface area contributed by atoms with Crippen LogP contribution in [0.1, 0.15) is 13.3 Å². The summed E-state index contributed by atoms with van der Waals surface area (Å²) in [4.78, 5) is 31.2. The van der Waals surface area contributed by atoms with Crippen molar-refractivity contribution in [3.05, 3.63) is 59.0 Å². The number of aromatic nitrogens is 2. The van der Waals surface area contributed by atoms with E-state index in [9.17, 15) is 9.59 Å². The SMILES string of the molecule is CC(C(=O)Nc1ccc2[nH]c(=O)[nH]c2c1)N(C)CCCOc1ccccc1. The third kappa shape index (κ3) is 4.98. The number of fused-ring (bicyclic) bond motifs is 1. The van der Waals surface area contributed by atoms with Gasteiger partial charge in [0.25, 0.3) is 0 Å². The molecule has 2 aromatic carbocycles. The van der Waals surface area contributed by atoms with Gasteiger partial charge in [-0.15, -0.1) is 0 Å². The zero-order chi connectivity index (χ0) is 19.2. The Morgan fingerprint density at radius 2 is 1.89 bits per heavy atom. The minimum absolute atomic E-state index is 0.0984. The molecular weight excluding hydrogens is 344 g/mol. The van der Waals surface area contributed by atoms with Gasteiger partial charge in [0.05, 0.1) is 23.7 Å². The number of nitrogens with one attached hydrogen (secondary N) is 3. The van der Waals surface area contributed by atoms with Crippen LogP contribution in [-0.4, -0.2) is 47.0 Å². The Bertz CT molecular complexity index is 949. The van der Waals surface area contributed by atoms with Gasteiger partial charge < -0.3 is 20.0 Å². The van der Waals surface area contributed by atoms with Gasteiger partial charge in [-0.25, -0.2) is 4.79 Å². The number of carbonyl (C=O) groups is 1. The zero-order valence-electron chi connectivity index (χ0n) is 15.5. The standard InChI is InChI=1S/C20H24N4O3/c1-14(24(2)11-6-12-27-16-7-4-3-5-8-16)19(25)21-15-9-10-17-18(13-15)23-20(26)22-17/h3-5,7-10,13-14H,6,11-12H2,1-2H3,(H,21,25)(H2,22,23,26). The number of hydrogen-bond acceptors (Lipinski definition) is 4. The number of para-hydroxylation sites is 1. The Labute approximate surface area is 157 Å². The molecule has 1 heterocycles. The van der Waals surface area contributed by atoms with E-state index in [0.29, 0.717) is 23.3 Å². The maximum atomic E-state index is 12.5. The summed E-state index contributed by atoms with van der Waals surface area (Å²) in [5.41, 5.74) is 1.76. The van der Waals surface area contributed by atoms with E-state index < -0.39 is 0 Å². The molecule has 142 valence electrons. The lowest BCUT2D eigenvalue weighted by Crippen LogP contribution is -2.40. The predicted octanol–water partition coefficient (Wildman–Crippen LogP) is 2.58. The molecule has 0 aliphatic heterocycles. The Hall–Kier alpha value is -3.06.